The van der Waals surface area contributed by atoms with Gasteiger partial charge in [-0.1, -0.05) is 6.92 Å². The van der Waals surface area contributed by atoms with Gasteiger partial charge in [-0.15, -0.1) is 0 Å². The van der Waals surface area contributed by atoms with Crippen molar-refractivity contribution < 1.29 is 19.4 Å². The van der Waals surface area contributed by atoms with E-state index < -0.39 is 6.10 Å². The van der Waals surface area contributed by atoms with Crippen molar-refractivity contribution in [1.29, 1.82) is 0 Å². The fourth-order valence-corrected chi connectivity index (χ4v) is 2.03. The number of hydrogen-bond donors (Lipinski definition) is 2. The van der Waals surface area contributed by atoms with Crippen LogP contribution in [-0.2, 0) is 21.0 Å². The van der Waals surface area contributed by atoms with Gasteiger partial charge in [0, 0.05) is 17.9 Å². The second-order valence-corrected chi connectivity index (χ2v) is 5.12. The quantitative estimate of drug-likeness (QED) is 0.277. The minimum atomic E-state index is -0.686. The summed E-state index contributed by atoms with van der Waals surface area (Å²) in [5.41, 5.74) is 9.50. The zero-order chi connectivity index (χ0) is 18.9. The number of aromatic nitrogens is 4. The normalized spacial score (nSPS) is 11.8. The minimum absolute atomic E-state index is 0.00366. The first-order valence-corrected chi connectivity index (χ1v) is 8.02. The minimum Gasteiger partial charge on any atom is -0.463 e. The molecule has 0 saturated heterocycles. The summed E-state index contributed by atoms with van der Waals surface area (Å²) in [7, 11) is 0. The van der Waals surface area contributed by atoms with Gasteiger partial charge in [0.05, 0.1) is 12.9 Å². The van der Waals surface area contributed by atoms with E-state index in [9.17, 15) is 9.90 Å². The number of nitrogens with one attached hydrogen (secondary N) is 1. The Bertz CT molecular complexity index is 802. The predicted molar refractivity (Wildman–Crippen MR) is 91.5 cm³/mol. The van der Waals surface area contributed by atoms with Crippen LogP contribution in [0.1, 0.15) is 20.3 Å². The van der Waals surface area contributed by atoms with Crippen LogP contribution >= 0.6 is 0 Å². The van der Waals surface area contributed by atoms with Gasteiger partial charge in [0.1, 0.15) is 19.4 Å². The molecule has 12 nitrogen and oxygen atoms in total. The number of aliphatic hydroxyl groups excluding tert-OH is 1. The Morgan fingerprint density at radius 1 is 1.50 bits per heavy atom. The third kappa shape index (κ3) is 4.79. The molecule has 26 heavy (non-hydrogen) atoms. The molecule has 2 heterocycles. The van der Waals surface area contributed by atoms with Crippen LogP contribution in [0.25, 0.3) is 21.6 Å². The Morgan fingerprint density at radius 2 is 2.31 bits per heavy atom. The van der Waals surface area contributed by atoms with Gasteiger partial charge in [-0.05, 0) is 17.6 Å². The van der Waals surface area contributed by atoms with Gasteiger partial charge in [0.15, 0.2) is 17.0 Å². The van der Waals surface area contributed by atoms with Crippen LogP contribution in [0.3, 0.4) is 0 Å². The van der Waals surface area contributed by atoms with Crippen molar-refractivity contribution in [3.05, 3.63) is 16.8 Å². The molecule has 12 heteroatoms. The Balaban J connectivity index is 2.18. The second kappa shape index (κ2) is 9.51. The third-order valence-corrected chi connectivity index (χ3v) is 3.30. The van der Waals surface area contributed by atoms with Crippen LogP contribution < -0.4 is 5.32 Å². The van der Waals surface area contributed by atoms with E-state index in [1.807, 2.05) is 6.92 Å². The molecule has 0 aromatic carbocycles. The second-order valence-electron chi connectivity index (χ2n) is 5.12. The topological polar surface area (TPSA) is 160 Å². The Morgan fingerprint density at radius 3 is 2.96 bits per heavy atom. The number of aliphatic hydroxyl groups is 1. The number of imidazole rings is 1. The highest BCUT2D eigenvalue weighted by molar-refractivity contribution is 5.83. The van der Waals surface area contributed by atoms with Gasteiger partial charge in [-0.2, -0.15) is 0 Å². The molecule has 140 valence electrons. The maximum absolute atomic E-state index is 11.2. The first-order chi connectivity index (χ1) is 12.6. The molecule has 1 atom stereocenters. The summed E-state index contributed by atoms with van der Waals surface area (Å²) in [5, 5.41) is 15.8. The molecule has 2 rings (SSSR count). The zero-order valence-electron chi connectivity index (χ0n) is 14.5. The average molecular weight is 364 g/mol. The molecule has 0 radical (unpaired) electrons. The summed E-state index contributed by atoms with van der Waals surface area (Å²) in [6.45, 7) is 3.80. The lowest BCUT2D eigenvalue weighted by Crippen LogP contribution is -2.26. The maximum Gasteiger partial charge on any atom is 0.305 e. The van der Waals surface area contributed by atoms with Gasteiger partial charge in [-0.3, -0.25) is 9.36 Å². The van der Waals surface area contributed by atoms with Crippen molar-refractivity contribution in [3.8, 4) is 0 Å². The zero-order valence-corrected chi connectivity index (χ0v) is 14.5. The van der Waals surface area contributed by atoms with Crippen molar-refractivity contribution in [1.82, 2.24) is 19.5 Å². The van der Waals surface area contributed by atoms with Crippen LogP contribution in [0.15, 0.2) is 11.4 Å². The van der Waals surface area contributed by atoms with Crippen LogP contribution in [0.5, 0.6) is 0 Å². The summed E-state index contributed by atoms with van der Waals surface area (Å²) < 4.78 is 12.1. The summed E-state index contributed by atoms with van der Waals surface area (Å²) in [6.07, 6.45) is 1.05. The van der Waals surface area contributed by atoms with E-state index in [-0.39, 0.29) is 38.3 Å². The molecule has 0 aliphatic carbocycles. The number of ether oxygens (including phenoxy) is 2. The number of hydrogen-bond acceptors (Lipinski definition) is 9. The Kier molecular flexibility index (Phi) is 7.09. The Hall–Kier alpha value is -2.95. The van der Waals surface area contributed by atoms with Gasteiger partial charge in [0.2, 0.25) is 5.95 Å². The molecule has 0 aliphatic rings. The van der Waals surface area contributed by atoms with Crippen LogP contribution in [-0.4, -0.2) is 56.5 Å². The van der Waals surface area contributed by atoms with Crippen LogP contribution in [0.2, 0.25) is 0 Å². The maximum atomic E-state index is 11.2. The lowest BCUT2D eigenvalue weighted by molar-refractivity contribution is -0.150. The first kappa shape index (κ1) is 19.4. The first-order valence-electron chi connectivity index (χ1n) is 8.02. The molecular weight excluding hydrogens is 344 g/mol. The number of anilines is 1. The highest BCUT2D eigenvalue weighted by Gasteiger charge is 2.15. The SMILES string of the molecule is CCNc1nc(N=[N+]=[N-])nc2c1ncn2COC(CO)COC(=O)CC. The molecule has 2 aromatic rings. The van der Waals surface area contributed by atoms with Crippen molar-refractivity contribution in [2.24, 2.45) is 5.11 Å². The monoisotopic (exact) mass is 364 g/mol. The summed E-state index contributed by atoms with van der Waals surface area (Å²) in [4.78, 5) is 26.4. The van der Waals surface area contributed by atoms with E-state index in [1.165, 1.54) is 6.33 Å². The fraction of sp³-hybridized carbons (Fsp3) is 0.571. The van der Waals surface area contributed by atoms with Crippen molar-refractivity contribution >= 4 is 28.9 Å². The summed E-state index contributed by atoms with van der Waals surface area (Å²) >= 11 is 0. The average Bonchev–Trinajstić information content (AvgIpc) is 3.05. The molecule has 2 N–H and O–H groups in total. The molecule has 0 aliphatic heterocycles. The van der Waals surface area contributed by atoms with E-state index in [0.717, 1.165) is 0 Å². The molecule has 0 saturated carbocycles. The van der Waals surface area contributed by atoms with Gasteiger partial charge in [-0.25, -0.2) is 15.0 Å². The number of rotatable bonds is 10. The molecular formula is C14H20N8O4. The van der Waals surface area contributed by atoms with Crippen molar-refractivity contribution in [2.75, 3.05) is 25.1 Å². The Labute approximate surface area is 148 Å². The van der Waals surface area contributed by atoms with Crippen molar-refractivity contribution in [3.63, 3.8) is 0 Å². The van der Waals surface area contributed by atoms with E-state index in [0.29, 0.717) is 23.5 Å². The highest BCUT2D eigenvalue weighted by Crippen LogP contribution is 2.22. The molecule has 0 fully saturated rings. The lowest BCUT2D eigenvalue weighted by atomic mass is 10.4. The largest absolute Gasteiger partial charge is 0.463 e. The van der Waals surface area contributed by atoms with Crippen molar-refractivity contribution in [2.45, 2.75) is 33.1 Å². The number of carbonyl (C=O) groups is 1. The summed E-state index contributed by atoms with van der Waals surface area (Å²) in [5.74, 6) is 0.0182. The third-order valence-electron chi connectivity index (χ3n) is 3.30. The smallest absolute Gasteiger partial charge is 0.305 e. The molecule has 1 unspecified atom stereocenters. The molecule has 0 bridgehead atoms. The van der Waals surface area contributed by atoms with E-state index in [2.05, 4.69) is 30.3 Å². The standard InChI is InChI=1S/C14H20N8O4/c1-3-10(24)25-6-9(5-23)26-8-22-7-17-11-12(16-4-2)18-14(20-21-15)19-13(11)22/h7,9,23H,3-6,8H2,1-2H3,(H,16,18,19). The predicted octanol–water partition coefficient (Wildman–Crippen LogP) is 1.49. The van der Waals surface area contributed by atoms with Crippen LogP contribution in [0.4, 0.5) is 11.8 Å². The number of azide groups is 1. The number of fused-ring (bicyclic) bond motifs is 1. The van der Waals surface area contributed by atoms with Crippen LogP contribution in [0, 0.1) is 0 Å². The molecule has 0 amide bonds. The van der Waals surface area contributed by atoms with E-state index >= 15 is 0 Å². The van der Waals surface area contributed by atoms with Gasteiger partial charge >= 0.3 is 5.97 Å². The van der Waals surface area contributed by atoms with Gasteiger partial charge < -0.3 is 19.9 Å². The molecule has 2 aromatic heterocycles. The highest BCUT2D eigenvalue weighted by atomic mass is 16.6. The summed E-state index contributed by atoms with van der Waals surface area (Å²) in [6, 6.07) is 0. The number of carbonyl (C=O) groups excluding carboxylic acids is 1. The van der Waals surface area contributed by atoms with Gasteiger partial charge in [0.25, 0.3) is 0 Å². The number of esters is 1. The van der Waals surface area contributed by atoms with E-state index in [4.69, 9.17) is 15.0 Å². The van der Waals surface area contributed by atoms with E-state index in [1.54, 1.807) is 11.5 Å². The molecule has 0 spiro atoms. The lowest BCUT2D eigenvalue weighted by Gasteiger charge is -2.16. The fourth-order valence-electron chi connectivity index (χ4n) is 2.03. The number of nitrogens with zero attached hydrogens (tertiary/aromatic N) is 7.